The summed E-state index contributed by atoms with van der Waals surface area (Å²) in [6.07, 6.45) is 2.62. The summed E-state index contributed by atoms with van der Waals surface area (Å²) in [6.45, 7) is 6.34. The first-order valence-corrected chi connectivity index (χ1v) is 6.31. The largest absolute Gasteiger partial charge is 0.396 e. The van der Waals surface area contributed by atoms with Crippen LogP contribution in [-0.4, -0.2) is 29.7 Å². The van der Waals surface area contributed by atoms with Crippen LogP contribution in [0.2, 0.25) is 10.0 Å². The molecule has 0 bridgehead atoms. The summed E-state index contributed by atoms with van der Waals surface area (Å²) in [7, 11) is 0. The molecule has 94 valence electrons. The summed E-state index contributed by atoms with van der Waals surface area (Å²) < 4.78 is 0. The van der Waals surface area contributed by atoms with Gasteiger partial charge in [0, 0.05) is 26.2 Å². The summed E-state index contributed by atoms with van der Waals surface area (Å²) in [5.41, 5.74) is 1.11. The lowest BCUT2D eigenvalue weighted by Gasteiger charge is -2.20. The smallest absolute Gasteiger partial charge is 0.0595 e. The van der Waals surface area contributed by atoms with Crippen LogP contribution in [-0.2, 0) is 6.54 Å². The zero-order valence-corrected chi connectivity index (χ0v) is 11.2. The fourth-order valence-electron chi connectivity index (χ4n) is 1.61. The first-order valence-electron chi connectivity index (χ1n) is 5.55. The minimum Gasteiger partial charge on any atom is -0.396 e. The molecule has 0 heterocycles. The van der Waals surface area contributed by atoms with Crippen molar-refractivity contribution >= 4 is 23.2 Å². The van der Waals surface area contributed by atoms with Crippen LogP contribution in [0.3, 0.4) is 0 Å². The number of rotatable bonds is 7. The molecule has 1 aromatic carbocycles. The maximum Gasteiger partial charge on any atom is 0.0595 e. The fraction of sp³-hybridized carbons (Fsp3) is 0.385. The molecule has 1 rings (SSSR count). The number of aliphatic hydroxyl groups is 1. The Morgan fingerprint density at radius 2 is 2.06 bits per heavy atom. The first kappa shape index (κ1) is 14.5. The molecular weight excluding hydrogens is 257 g/mol. The second-order valence-corrected chi connectivity index (χ2v) is 4.66. The Morgan fingerprint density at radius 3 is 2.65 bits per heavy atom. The molecule has 0 aliphatic rings. The number of halogens is 2. The molecule has 1 N–H and O–H groups in total. The van der Waals surface area contributed by atoms with Gasteiger partial charge in [0.15, 0.2) is 0 Å². The zero-order chi connectivity index (χ0) is 12.7. The monoisotopic (exact) mass is 273 g/mol. The molecule has 0 spiro atoms. The van der Waals surface area contributed by atoms with E-state index in [1.54, 1.807) is 6.07 Å². The van der Waals surface area contributed by atoms with Gasteiger partial charge in [-0.15, -0.1) is 6.58 Å². The highest BCUT2D eigenvalue weighted by atomic mass is 35.5. The van der Waals surface area contributed by atoms with E-state index >= 15 is 0 Å². The Bertz CT molecular complexity index is 368. The minimum atomic E-state index is 0.203. The van der Waals surface area contributed by atoms with E-state index in [0.717, 1.165) is 31.6 Å². The van der Waals surface area contributed by atoms with Crippen molar-refractivity contribution in [2.45, 2.75) is 13.0 Å². The highest BCUT2D eigenvalue weighted by Gasteiger charge is 2.05. The zero-order valence-electron chi connectivity index (χ0n) is 9.70. The second kappa shape index (κ2) is 7.72. The van der Waals surface area contributed by atoms with E-state index < -0.39 is 0 Å². The number of hydrogen-bond acceptors (Lipinski definition) is 2. The van der Waals surface area contributed by atoms with Gasteiger partial charge < -0.3 is 5.11 Å². The second-order valence-electron chi connectivity index (χ2n) is 3.85. The molecule has 0 saturated carbocycles. The van der Waals surface area contributed by atoms with Crippen LogP contribution >= 0.6 is 23.2 Å². The molecule has 0 saturated heterocycles. The van der Waals surface area contributed by atoms with Crippen molar-refractivity contribution in [1.82, 2.24) is 4.90 Å². The molecular formula is C13H17Cl2NO. The predicted molar refractivity (Wildman–Crippen MR) is 73.6 cm³/mol. The van der Waals surface area contributed by atoms with Crippen molar-refractivity contribution in [2.24, 2.45) is 0 Å². The van der Waals surface area contributed by atoms with E-state index in [2.05, 4.69) is 11.5 Å². The maximum absolute atomic E-state index is 8.84. The van der Waals surface area contributed by atoms with Crippen molar-refractivity contribution in [3.8, 4) is 0 Å². The van der Waals surface area contributed by atoms with Crippen molar-refractivity contribution in [3.05, 3.63) is 46.5 Å². The van der Waals surface area contributed by atoms with E-state index in [9.17, 15) is 0 Å². The van der Waals surface area contributed by atoms with Gasteiger partial charge in [-0.3, -0.25) is 4.90 Å². The van der Waals surface area contributed by atoms with Gasteiger partial charge in [-0.2, -0.15) is 0 Å². The third kappa shape index (κ3) is 5.09. The van der Waals surface area contributed by atoms with Gasteiger partial charge in [0.05, 0.1) is 10.0 Å². The van der Waals surface area contributed by atoms with E-state index in [4.69, 9.17) is 28.3 Å². The topological polar surface area (TPSA) is 23.5 Å². The highest BCUT2D eigenvalue weighted by molar-refractivity contribution is 6.42. The minimum absolute atomic E-state index is 0.203. The highest BCUT2D eigenvalue weighted by Crippen LogP contribution is 2.23. The normalized spacial score (nSPS) is 10.8. The number of benzene rings is 1. The van der Waals surface area contributed by atoms with E-state index in [0.29, 0.717) is 10.0 Å². The average Bonchev–Trinajstić information content (AvgIpc) is 2.31. The summed E-state index contributed by atoms with van der Waals surface area (Å²) in [5.74, 6) is 0. The molecule has 0 unspecified atom stereocenters. The summed E-state index contributed by atoms with van der Waals surface area (Å²) >= 11 is 11.8. The Labute approximate surface area is 112 Å². The van der Waals surface area contributed by atoms with Gasteiger partial charge in [0.25, 0.3) is 0 Å². The molecule has 0 fully saturated rings. The van der Waals surface area contributed by atoms with Gasteiger partial charge in [-0.25, -0.2) is 0 Å². The molecule has 0 aromatic heterocycles. The molecule has 4 heteroatoms. The standard InChI is InChI=1S/C13H17Cl2NO/c1-2-6-16(7-3-8-17)10-11-4-5-12(14)13(15)9-11/h2,4-5,9,17H,1,3,6-8,10H2. The Morgan fingerprint density at radius 1 is 1.29 bits per heavy atom. The van der Waals surface area contributed by atoms with Gasteiger partial charge in [-0.05, 0) is 24.1 Å². The van der Waals surface area contributed by atoms with Crippen LogP contribution in [0, 0.1) is 0 Å². The molecule has 2 nitrogen and oxygen atoms in total. The van der Waals surface area contributed by atoms with E-state index in [-0.39, 0.29) is 6.61 Å². The van der Waals surface area contributed by atoms with Gasteiger partial charge >= 0.3 is 0 Å². The lowest BCUT2D eigenvalue weighted by molar-refractivity contribution is 0.232. The summed E-state index contributed by atoms with van der Waals surface area (Å²) in [5, 5.41) is 9.98. The molecule has 1 aromatic rings. The number of hydrogen-bond donors (Lipinski definition) is 1. The third-order valence-electron chi connectivity index (χ3n) is 2.41. The van der Waals surface area contributed by atoms with Crippen molar-refractivity contribution in [1.29, 1.82) is 0 Å². The van der Waals surface area contributed by atoms with Crippen LogP contribution < -0.4 is 0 Å². The van der Waals surface area contributed by atoms with Crippen LogP contribution in [0.25, 0.3) is 0 Å². The molecule has 0 aliphatic carbocycles. The summed E-state index contributed by atoms with van der Waals surface area (Å²) in [4.78, 5) is 2.20. The quantitative estimate of drug-likeness (QED) is 0.771. The molecule has 0 aliphatic heterocycles. The Kier molecular flexibility index (Phi) is 6.60. The molecule has 0 amide bonds. The fourth-order valence-corrected chi connectivity index (χ4v) is 1.93. The Hall–Kier alpha value is -0.540. The van der Waals surface area contributed by atoms with Crippen molar-refractivity contribution in [3.63, 3.8) is 0 Å². The maximum atomic E-state index is 8.84. The SMILES string of the molecule is C=CCN(CCCO)Cc1ccc(Cl)c(Cl)c1. The van der Waals surface area contributed by atoms with Crippen LogP contribution in [0.15, 0.2) is 30.9 Å². The predicted octanol–water partition coefficient (Wildman–Crippen LogP) is 3.36. The van der Waals surface area contributed by atoms with E-state index in [1.165, 1.54) is 0 Å². The molecule has 0 radical (unpaired) electrons. The lowest BCUT2D eigenvalue weighted by atomic mass is 10.2. The molecule has 0 atom stereocenters. The number of aliphatic hydroxyl groups excluding tert-OH is 1. The number of nitrogens with zero attached hydrogens (tertiary/aromatic N) is 1. The molecule has 17 heavy (non-hydrogen) atoms. The lowest BCUT2D eigenvalue weighted by Crippen LogP contribution is -2.25. The van der Waals surface area contributed by atoms with Crippen molar-refractivity contribution in [2.75, 3.05) is 19.7 Å². The van der Waals surface area contributed by atoms with Gasteiger partial charge in [-0.1, -0.05) is 35.3 Å². The van der Waals surface area contributed by atoms with E-state index in [1.807, 2.05) is 18.2 Å². The van der Waals surface area contributed by atoms with Gasteiger partial charge in [0.1, 0.15) is 0 Å². The Balaban J connectivity index is 2.64. The van der Waals surface area contributed by atoms with Gasteiger partial charge in [0.2, 0.25) is 0 Å². The first-order chi connectivity index (χ1) is 8.17. The van der Waals surface area contributed by atoms with Crippen molar-refractivity contribution < 1.29 is 5.11 Å². The van der Waals surface area contributed by atoms with Crippen LogP contribution in [0.1, 0.15) is 12.0 Å². The van der Waals surface area contributed by atoms with Crippen LogP contribution in [0.4, 0.5) is 0 Å². The van der Waals surface area contributed by atoms with Crippen LogP contribution in [0.5, 0.6) is 0 Å². The third-order valence-corrected chi connectivity index (χ3v) is 3.15. The average molecular weight is 274 g/mol. The summed E-state index contributed by atoms with van der Waals surface area (Å²) in [6, 6.07) is 5.64.